The SMILES string of the molecule is Cc1ccc(NC(=O)c2ccc(N3CCN(C(=O)C4CC4)CC3)cc2)c(C)c1. The fraction of sp³-hybridized carbons (Fsp3) is 0.391. The van der Waals surface area contributed by atoms with E-state index in [0.29, 0.717) is 17.4 Å². The van der Waals surface area contributed by atoms with Gasteiger partial charge in [0.2, 0.25) is 5.91 Å². The van der Waals surface area contributed by atoms with Crippen molar-refractivity contribution in [1.29, 1.82) is 0 Å². The summed E-state index contributed by atoms with van der Waals surface area (Å²) >= 11 is 0. The Bertz CT molecular complexity index is 879. The minimum Gasteiger partial charge on any atom is -0.368 e. The molecule has 1 aliphatic carbocycles. The minimum atomic E-state index is -0.0987. The number of rotatable bonds is 4. The Morgan fingerprint density at radius 3 is 2.21 bits per heavy atom. The molecular weight excluding hydrogens is 350 g/mol. The van der Waals surface area contributed by atoms with Crippen molar-refractivity contribution in [2.24, 2.45) is 5.92 Å². The van der Waals surface area contributed by atoms with Crippen LogP contribution in [0.1, 0.15) is 34.3 Å². The number of hydrogen-bond donors (Lipinski definition) is 1. The van der Waals surface area contributed by atoms with Crippen LogP contribution in [0.5, 0.6) is 0 Å². The quantitative estimate of drug-likeness (QED) is 0.886. The monoisotopic (exact) mass is 377 g/mol. The van der Waals surface area contributed by atoms with Gasteiger partial charge < -0.3 is 15.1 Å². The molecule has 2 aliphatic rings. The van der Waals surface area contributed by atoms with Gasteiger partial charge in [0.05, 0.1) is 0 Å². The molecule has 2 amide bonds. The Labute approximate surface area is 166 Å². The van der Waals surface area contributed by atoms with Crippen molar-refractivity contribution in [2.75, 3.05) is 36.4 Å². The summed E-state index contributed by atoms with van der Waals surface area (Å²) in [4.78, 5) is 29.0. The van der Waals surface area contributed by atoms with E-state index in [1.54, 1.807) is 0 Å². The van der Waals surface area contributed by atoms with Gasteiger partial charge in [-0.05, 0) is 62.6 Å². The molecule has 0 atom stereocenters. The van der Waals surface area contributed by atoms with E-state index in [1.165, 1.54) is 5.56 Å². The van der Waals surface area contributed by atoms with Crippen molar-refractivity contribution in [3.63, 3.8) is 0 Å². The molecule has 146 valence electrons. The zero-order valence-corrected chi connectivity index (χ0v) is 16.6. The predicted octanol–water partition coefficient (Wildman–Crippen LogP) is 3.61. The van der Waals surface area contributed by atoms with Crippen LogP contribution in [0.2, 0.25) is 0 Å². The first-order valence-corrected chi connectivity index (χ1v) is 10.0. The number of nitrogens with one attached hydrogen (secondary N) is 1. The van der Waals surface area contributed by atoms with E-state index in [9.17, 15) is 9.59 Å². The lowest BCUT2D eigenvalue weighted by atomic mass is 10.1. The smallest absolute Gasteiger partial charge is 0.255 e. The molecule has 5 heteroatoms. The molecule has 1 saturated heterocycles. The van der Waals surface area contributed by atoms with E-state index >= 15 is 0 Å². The van der Waals surface area contributed by atoms with Gasteiger partial charge in [0.15, 0.2) is 0 Å². The fourth-order valence-electron chi connectivity index (χ4n) is 3.75. The first-order valence-electron chi connectivity index (χ1n) is 10.0. The first-order chi connectivity index (χ1) is 13.5. The first kappa shape index (κ1) is 18.5. The summed E-state index contributed by atoms with van der Waals surface area (Å²) in [6, 6.07) is 13.7. The number of piperazine rings is 1. The van der Waals surface area contributed by atoms with Crippen LogP contribution in [0.4, 0.5) is 11.4 Å². The largest absolute Gasteiger partial charge is 0.368 e. The second-order valence-corrected chi connectivity index (χ2v) is 7.91. The van der Waals surface area contributed by atoms with Gasteiger partial charge in [-0.15, -0.1) is 0 Å². The van der Waals surface area contributed by atoms with Gasteiger partial charge >= 0.3 is 0 Å². The van der Waals surface area contributed by atoms with Crippen molar-refractivity contribution in [3.05, 3.63) is 59.2 Å². The molecule has 0 spiro atoms. The Morgan fingerprint density at radius 2 is 1.61 bits per heavy atom. The fourth-order valence-corrected chi connectivity index (χ4v) is 3.75. The standard InChI is InChI=1S/C23H27N3O2/c1-16-3-10-21(17(2)15-16)24-22(27)18-6-8-20(9-7-18)25-11-13-26(14-12-25)23(28)19-4-5-19/h3,6-10,15,19H,4-5,11-14H2,1-2H3,(H,24,27). The third-order valence-corrected chi connectivity index (χ3v) is 5.64. The number of amides is 2. The van der Waals surface area contributed by atoms with Crippen molar-refractivity contribution >= 4 is 23.2 Å². The lowest BCUT2D eigenvalue weighted by Crippen LogP contribution is -2.49. The van der Waals surface area contributed by atoms with E-state index in [1.807, 2.05) is 55.1 Å². The number of carbonyl (C=O) groups is 2. The molecule has 1 heterocycles. The van der Waals surface area contributed by atoms with Crippen molar-refractivity contribution in [2.45, 2.75) is 26.7 Å². The van der Waals surface area contributed by atoms with Crippen LogP contribution < -0.4 is 10.2 Å². The Hall–Kier alpha value is -2.82. The van der Waals surface area contributed by atoms with Crippen molar-refractivity contribution in [1.82, 2.24) is 4.90 Å². The van der Waals surface area contributed by atoms with Gasteiger partial charge in [-0.1, -0.05) is 17.7 Å². The van der Waals surface area contributed by atoms with Crippen LogP contribution >= 0.6 is 0 Å². The number of anilines is 2. The zero-order valence-electron chi connectivity index (χ0n) is 16.6. The van der Waals surface area contributed by atoms with E-state index in [0.717, 1.165) is 56.0 Å². The molecule has 1 aliphatic heterocycles. The summed E-state index contributed by atoms with van der Waals surface area (Å²) in [5.74, 6) is 0.526. The van der Waals surface area contributed by atoms with Crippen LogP contribution in [-0.2, 0) is 4.79 Å². The summed E-state index contributed by atoms with van der Waals surface area (Å²) in [5, 5.41) is 2.99. The summed E-state index contributed by atoms with van der Waals surface area (Å²) < 4.78 is 0. The van der Waals surface area contributed by atoms with Crippen molar-refractivity contribution in [3.8, 4) is 0 Å². The highest BCUT2D eigenvalue weighted by Crippen LogP contribution is 2.31. The molecule has 0 radical (unpaired) electrons. The molecule has 2 fully saturated rings. The molecule has 4 rings (SSSR count). The molecule has 28 heavy (non-hydrogen) atoms. The van der Waals surface area contributed by atoms with Gasteiger partial charge in [-0.25, -0.2) is 0 Å². The Balaban J connectivity index is 1.36. The number of hydrogen-bond acceptors (Lipinski definition) is 3. The maximum absolute atomic E-state index is 12.6. The lowest BCUT2D eigenvalue weighted by Gasteiger charge is -2.36. The average Bonchev–Trinajstić information content (AvgIpc) is 3.55. The van der Waals surface area contributed by atoms with Crippen LogP contribution in [0.15, 0.2) is 42.5 Å². The summed E-state index contributed by atoms with van der Waals surface area (Å²) in [7, 11) is 0. The lowest BCUT2D eigenvalue weighted by molar-refractivity contribution is -0.132. The minimum absolute atomic E-state index is 0.0987. The van der Waals surface area contributed by atoms with Gasteiger partial charge in [-0.2, -0.15) is 0 Å². The summed E-state index contributed by atoms with van der Waals surface area (Å²) in [6.07, 6.45) is 2.12. The topological polar surface area (TPSA) is 52.7 Å². The summed E-state index contributed by atoms with van der Waals surface area (Å²) in [6.45, 7) is 7.28. The van der Waals surface area contributed by atoms with Crippen LogP contribution in [0.3, 0.4) is 0 Å². The molecule has 0 bridgehead atoms. The van der Waals surface area contributed by atoms with E-state index in [-0.39, 0.29) is 5.91 Å². The van der Waals surface area contributed by atoms with E-state index in [2.05, 4.69) is 16.3 Å². The molecule has 5 nitrogen and oxygen atoms in total. The average molecular weight is 377 g/mol. The summed E-state index contributed by atoms with van der Waals surface area (Å²) in [5.41, 5.74) is 4.83. The van der Waals surface area contributed by atoms with E-state index < -0.39 is 0 Å². The van der Waals surface area contributed by atoms with Gasteiger partial charge in [0.25, 0.3) is 5.91 Å². The molecule has 2 aromatic carbocycles. The Kier molecular flexibility index (Phi) is 5.07. The third-order valence-electron chi connectivity index (χ3n) is 5.64. The zero-order chi connectivity index (χ0) is 19.7. The maximum atomic E-state index is 12.6. The molecular formula is C23H27N3O2. The van der Waals surface area contributed by atoms with Crippen LogP contribution in [0, 0.1) is 19.8 Å². The highest BCUT2D eigenvalue weighted by Gasteiger charge is 2.34. The normalized spacial score (nSPS) is 16.8. The van der Waals surface area contributed by atoms with Crippen LogP contribution in [0.25, 0.3) is 0 Å². The maximum Gasteiger partial charge on any atom is 0.255 e. The predicted molar refractivity (Wildman–Crippen MR) is 112 cm³/mol. The second-order valence-electron chi connectivity index (χ2n) is 7.91. The molecule has 0 aromatic heterocycles. The van der Waals surface area contributed by atoms with Gasteiger partial charge in [0.1, 0.15) is 0 Å². The highest BCUT2D eigenvalue weighted by molar-refractivity contribution is 6.04. The molecule has 2 aromatic rings. The second kappa shape index (κ2) is 7.66. The molecule has 1 saturated carbocycles. The van der Waals surface area contributed by atoms with Gasteiger partial charge in [0, 0.05) is 49.0 Å². The van der Waals surface area contributed by atoms with Crippen LogP contribution in [-0.4, -0.2) is 42.9 Å². The highest BCUT2D eigenvalue weighted by atomic mass is 16.2. The number of benzene rings is 2. The van der Waals surface area contributed by atoms with Gasteiger partial charge in [-0.3, -0.25) is 9.59 Å². The molecule has 0 unspecified atom stereocenters. The number of carbonyl (C=O) groups excluding carboxylic acids is 2. The number of aryl methyl sites for hydroxylation is 2. The Morgan fingerprint density at radius 1 is 0.929 bits per heavy atom. The molecule has 1 N–H and O–H groups in total. The van der Waals surface area contributed by atoms with Crippen molar-refractivity contribution < 1.29 is 9.59 Å². The number of nitrogens with zero attached hydrogens (tertiary/aromatic N) is 2. The van der Waals surface area contributed by atoms with E-state index in [4.69, 9.17) is 0 Å². The third kappa shape index (κ3) is 4.03.